The molecule has 15 heavy (non-hydrogen) atoms. The van der Waals surface area contributed by atoms with Gasteiger partial charge in [0.1, 0.15) is 0 Å². The largest absolute Gasteiger partial charge is 0.0593 e. The summed E-state index contributed by atoms with van der Waals surface area (Å²) in [5, 5.41) is 0. The van der Waals surface area contributed by atoms with Crippen LogP contribution < -0.4 is 0 Å². The Balaban J connectivity index is 1.96. The third kappa shape index (κ3) is 2.57. The molecule has 0 saturated heterocycles. The van der Waals surface area contributed by atoms with Gasteiger partial charge in [0.2, 0.25) is 0 Å². The standard InChI is InChI=1S/C15H24/c1-15(2,13-9-5-3-6-10-13)14-11-7-4-8-12-14/h13-14H,3-9,11H2,1-2H3. The summed E-state index contributed by atoms with van der Waals surface area (Å²) in [7, 11) is 0. The summed E-state index contributed by atoms with van der Waals surface area (Å²) in [6.45, 7) is 4.89. The summed E-state index contributed by atoms with van der Waals surface area (Å²) in [6.07, 6.45) is 18.2. The molecule has 2 saturated carbocycles. The van der Waals surface area contributed by atoms with Crippen LogP contribution in [-0.4, -0.2) is 0 Å². The maximum atomic E-state index is 3.72. The van der Waals surface area contributed by atoms with Crippen molar-refractivity contribution in [1.82, 2.24) is 0 Å². The van der Waals surface area contributed by atoms with E-state index < -0.39 is 0 Å². The van der Waals surface area contributed by atoms with Crippen molar-refractivity contribution in [2.24, 2.45) is 17.3 Å². The fourth-order valence-electron chi connectivity index (χ4n) is 3.22. The first-order valence-corrected chi connectivity index (χ1v) is 6.68. The minimum absolute atomic E-state index is 0.418. The lowest BCUT2D eigenvalue weighted by atomic mass is 9.61. The summed E-state index contributed by atoms with van der Waals surface area (Å²) >= 11 is 0. The van der Waals surface area contributed by atoms with Crippen LogP contribution in [0, 0.1) is 30.1 Å². The van der Waals surface area contributed by atoms with E-state index in [-0.39, 0.29) is 0 Å². The Bertz CT molecular complexity index is 160. The van der Waals surface area contributed by atoms with Crippen molar-refractivity contribution in [1.29, 1.82) is 0 Å². The van der Waals surface area contributed by atoms with Gasteiger partial charge >= 0.3 is 0 Å². The first kappa shape index (κ1) is 11.5. The van der Waals surface area contributed by atoms with Gasteiger partial charge in [0.25, 0.3) is 0 Å². The Morgan fingerprint density at radius 1 is 0.800 bits per heavy atom. The zero-order valence-corrected chi connectivity index (χ0v) is 10.3. The topological polar surface area (TPSA) is 0 Å². The van der Waals surface area contributed by atoms with E-state index in [0.29, 0.717) is 5.41 Å². The maximum absolute atomic E-state index is 3.72. The van der Waals surface area contributed by atoms with Crippen LogP contribution in [0.1, 0.15) is 65.2 Å². The van der Waals surface area contributed by atoms with Gasteiger partial charge in [-0.05, 0) is 55.8 Å². The molecule has 0 aromatic heterocycles. The molecule has 0 spiro atoms. The highest BCUT2D eigenvalue weighted by Gasteiger charge is 2.38. The van der Waals surface area contributed by atoms with Gasteiger partial charge in [0.15, 0.2) is 0 Å². The first-order valence-electron chi connectivity index (χ1n) is 6.68. The molecule has 4 radical (unpaired) electrons. The molecule has 2 rings (SSSR count). The fourth-order valence-corrected chi connectivity index (χ4v) is 3.22. The molecule has 2 aliphatic rings. The second kappa shape index (κ2) is 4.89. The van der Waals surface area contributed by atoms with Crippen LogP contribution in [0.3, 0.4) is 0 Å². The molecule has 0 heterocycles. The van der Waals surface area contributed by atoms with Crippen LogP contribution in [0.25, 0.3) is 0 Å². The third-order valence-corrected chi connectivity index (χ3v) is 4.42. The van der Waals surface area contributed by atoms with Crippen molar-refractivity contribution >= 4 is 0 Å². The Hall–Kier alpha value is 0. The normalized spacial score (nSPS) is 26.8. The summed E-state index contributed by atoms with van der Waals surface area (Å²) in [6, 6.07) is 0. The van der Waals surface area contributed by atoms with Crippen molar-refractivity contribution in [3.8, 4) is 0 Å². The van der Waals surface area contributed by atoms with Gasteiger partial charge in [0, 0.05) is 0 Å². The summed E-state index contributed by atoms with van der Waals surface area (Å²) in [5.74, 6) is 1.45. The van der Waals surface area contributed by atoms with E-state index in [2.05, 4.69) is 26.7 Å². The van der Waals surface area contributed by atoms with Gasteiger partial charge in [-0.2, -0.15) is 0 Å². The Kier molecular flexibility index (Phi) is 3.74. The lowest BCUT2D eigenvalue weighted by Gasteiger charge is -2.44. The van der Waals surface area contributed by atoms with E-state index in [1.54, 1.807) is 0 Å². The smallest absolute Gasteiger partial charge is 0.0134 e. The third-order valence-electron chi connectivity index (χ3n) is 4.42. The van der Waals surface area contributed by atoms with E-state index in [0.717, 1.165) is 11.8 Å². The molecule has 0 bridgehead atoms. The van der Waals surface area contributed by atoms with Crippen molar-refractivity contribution < 1.29 is 0 Å². The van der Waals surface area contributed by atoms with Gasteiger partial charge in [-0.15, -0.1) is 0 Å². The first-order chi connectivity index (χ1) is 7.21. The molecule has 0 nitrogen and oxygen atoms in total. The molecule has 2 atom stereocenters. The second-order valence-electron chi connectivity index (χ2n) is 5.83. The van der Waals surface area contributed by atoms with Crippen LogP contribution in [0.2, 0.25) is 0 Å². The fraction of sp³-hybridized carbons (Fsp3) is 0.867. The highest BCUT2D eigenvalue weighted by atomic mass is 14.4. The second-order valence-corrected chi connectivity index (χ2v) is 5.83. The van der Waals surface area contributed by atoms with Gasteiger partial charge in [-0.1, -0.05) is 39.5 Å². The number of hydrogen-bond donors (Lipinski definition) is 0. The van der Waals surface area contributed by atoms with Crippen molar-refractivity contribution in [2.75, 3.05) is 0 Å². The van der Waals surface area contributed by atoms with E-state index in [1.807, 2.05) is 0 Å². The maximum Gasteiger partial charge on any atom is -0.0134 e. The molecular formula is C15H24. The lowest BCUT2D eigenvalue weighted by molar-refractivity contribution is 0.114. The predicted octanol–water partition coefficient (Wildman–Crippen LogP) is 4.56. The zero-order valence-electron chi connectivity index (χ0n) is 10.3. The van der Waals surface area contributed by atoms with Crippen molar-refractivity contribution in [2.45, 2.75) is 65.2 Å². The van der Waals surface area contributed by atoms with Crippen LogP contribution in [0.5, 0.6) is 0 Å². The molecule has 0 heteroatoms. The Morgan fingerprint density at radius 3 is 1.60 bits per heavy atom. The van der Waals surface area contributed by atoms with Gasteiger partial charge < -0.3 is 0 Å². The highest BCUT2D eigenvalue weighted by molar-refractivity contribution is 4.99. The van der Waals surface area contributed by atoms with E-state index in [9.17, 15) is 0 Å². The summed E-state index contributed by atoms with van der Waals surface area (Å²) in [4.78, 5) is 0. The molecule has 0 aliphatic heterocycles. The highest BCUT2D eigenvalue weighted by Crippen LogP contribution is 2.47. The molecule has 0 aromatic carbocycles. The molecule has 0 aromatic rings. The molecule has 2 unspecified atom stereocenters. The van der Waals surface area contributed by atoms with Crippen LogP contribution in [0.4, 0.5) is 0 Å². The lowest BCUT2D eigenvalue weighted by Crippen LogP contribution is -2.35. The quantitative estimate of drug-likeness (QED) is 0.618. The van der Waals surface area contributed by atoms with E-state index in [4.69, 9.17) is 0 Å². The van der Waals surface area contributed by atoms with Crippen molar-refractivity contribution in [3.63, 3.8) is 0 Å². The molecule has 2 fully saturated rings. The van der Waals surface area contributed by atoms with E-state index >= 15 is 0 Å². The molecular weight excluding hydrogens is 180 g/mol. The molecule has 0 N–H and O–H groups in total. The molecule has 0 amide bonds. The SMILES string of the molecule is CC(C)(C1[C]CCCC1)C1[C]CCCC1. The van der Waals surface area contributed by atoms with Gasteiger partial charge in [0.05, 0.1) is 0 Å². The average molecular weight is 204 g/mol. The molecule has 2 aliphatic carbocycles. The zero-order chi connectivity index (χ0) is 10.7. The minimum Gasteiger partial charge on any atom is -0.0593 e. The monoisotopic (exact) mass is 204 g/mol. The van der Waals surface area contributed by atoms with Crippen LogP contribution in [-0.2, 0) is 0 Å². The van der Waals surface area contributed by atoms with Crippen LogP contribution >= 0.6 is 0 Å². The summed E-state index contributed by atoms with van der Waals surface area (Å²) < 4.78 is 0. The molecule has 84 valence electrons. The summed E-state index contributed by atoms with van der Waals surface area (Å²) in [5.41, 5.74) is 0.418. The van der Waals surface area contributed by atoms with Crippen molar-refractivity contribution in [3.05, 3.63) is 12.8 Å². The van der Waals surface area contributed by atoms with E-state index in [1.165, 1.54) is 51.4 Å². The van der Waals surface area contributed by atoms with Gasteiger partial charge in [-0.3, -0.25) is 0 Å². The Labute approximate surface area is 95.8 Å². The average Bonchev–Trinajstić information content (AvgIpc) is 2.31. The Morgan fingerprint density at radius 2 is 1.27 bits per heavy atom. The van der Waals surface area contributed by atoms with Gasteiger partial charge in [-0.25, -0.2) is 0 Å². The number of rotatable bonds is 2. The van der Waals surface area contributed by atoms with Crippen LogP contribution in [0.15, 0.2) is 0 Å². The predicted molar refractivity (Wildman–Crippen MR) is 64.2 cm³/mol. The minimum atomic E-state index is 0.418. The number of hydrogen-bond acceptors (Lipinski definition) is 0.